The molecule has 1 aromatic heterocycles. The lowest BCUT2D eigenvalue weighted by Crippen LogP contribution is -2.37. The van der Waals surface area contributed by atoms with E-state index in [0.29, 0.717) is 30.1 Å². The molecule has 0 aliphatic carbocycles. The van der Waals surface area contributed by atoms with Gasteiger partial charge in [-0.25, -0.2) is 12.7 Å². The van der Waals surface area contributed by atoms with Crippen molar-refractivity contribution < 1.29 is 13.2 Å². The molecule has 2 aliphatic heterocycles. The average Bonchev–Trinajstić information content (AvgIpc) is 3.21. The Morgan fingerprint density at radius 3 is 2.73 bits per heavy atom. The Labute approximate surface area is 153 Å². The number of sulfonamides is 1. The third kappa shape index (κ3) is 2.73. The zero-order valence-corrected chi connectivity index (χ0v) is 15.8. The summed E-state index contributed by atoms with van der Waals surface area (Å²) in [4.78, 5) is 14.9. The minimum Gasteiger partial charge on any atom is -0.333 e. The van der Waals surface area contributed by atoms with Crippen LogP contribution in [-0.2, 0) is 36.0 Å². The lowest BCUT2D eigenvalue weighted by Gasteiger charge is -2.30. The van der Waals surface area contributed by atoms with Gasteiger partial charge in [-0.3, -0.25) is 9.48 Å². The number of benzene rings is 1. The average molecular weight is 374 g/mol. The molecule has 0 bridgehead atoms. The van der Waals surface area contributed by atoms with Crippen molar-refractivity contribution in [2.45, 2.75) is 37.2 Å². The van der Waals surface area contributed by atoms with Crippen molar-refractivity contribution in [1.82, 2.24) is 19.0 Å². The van der Waals surface area contributed by atoms with E-state index in [1.165, 1.54) is 18.4 Å². The number of hydrogen-bond donors (Lipinski definition) is 0. The van der Waals surface area contributed by atoms with Gasteiger partial charge in [0, 0.05) is 39.4 Å². The SMILES string of the molecule is CN(C)S(=O)(=O)c1cccc2c1CCN(C(=O)c1cc3n(n1)CCC3)C2. The van der Waals surface area contributed by atoms with Crippen molar-refractivity contribution in [3.63, 3.8) is 0 Å². The number of nitrogens with zero attached hydrogens (tertiary/aromatic N) is 4. The number of carbonyl (C=O) groups excluding carboxylic acids is 1. The van der Waals surface area contributed by atoms with E-state index in [9.17, 15) is 13.2 Å². The number of hydrogen-bond acceptors (Lipinski definition) is 4. The molecule has 0 N–H and O–H groups in total. The first kappa shape index (κ1) is 17.2. The first-order chi connectivity index (χ1) is 12.4. The van der Waals surface area contributed by atoms with Gasteiger partial charge in [-0.05, 0) is 42.5 Å². The Hall–Kier alpha value is -2.19. The fraction of sp³-hybridized carbons (Fsp3) is 0.444. The number of rotatable bonds is 3. The van der Waals surface area contributed by atoms with Crippen LogP contribution in [0.2, 0.25) is 0 Å². The van der Waals surface area contributed by atoms with Gasteiger partial charge in [-0.15, -0.1) is 0 Å². The summed E-state index contributed by atoms with van der Waals surface area (Å²) in [5.74, 6) is -0.0848. The van der Waals surface area contributed by atoms with E-state index in [2.05, 4.69) is 5.10 Å². The van der Waals surface area contributed by atoms with Crippen molar-refractivity contribution >= 4 is 15.9 Å². The van der Waals surface area contributed by atoms with Crippen LogP contribution < -0.4 is 0 Å². The third-order valence-electron chi connectivity index (χ3n) is 5.15. The highest BCUT2D eigenvalue weighted by Gasteiger charge is 2.29. The second kappa shape index (κ2) is 6.21. The number of fused-ring (bicyclic) bond motifs is 2. The molecule has 0 atom stereocenters. The molecule has 0 saturated carbocycles. The van der Waals surface area contributed by atoms with Gasteiger partial charge in [0.15, 0.2) is 5.69 Å². The molecule has 4 rings (SSSR count). The van der Waals surface area contributed by atoms with Crippen LogP contribution in [0.3, 0.4) is 0 Å². The minimum atomic E-state index is -3.49. The lowest BCUT2D eigenvalue weighted by atomic mass is 9.99. The van der Waals surface area contributed by atoms with Gasteiger partial charge in [-0.2, -0.15) is 5.10 Å². The van der Waals surface area contributed by atoms with Gasteiger partial charge < -0.3 is 4.90 Å². The fourth-order valence-electron chi connectivity index (χ4n) is 3.71. The minimum absolute atomic E-state index is 0.0848. The molecule has 7 nitrogen and oxygen atoms in total. The van der Waals surface area contributed by atoms with Crippen LogP contribution in [-0.4, -0.2) is 54.0 Å². The highest BCUT2D eigenvalue weighted by molar-refractivity contribution is 7.89. The van der Waals surface area contributed by atoms with E-state index >= 15 is 0 Å². The summed E-state index contributed by atoms with van der Waals surface area (Å²) in [6, 6.07) is 7.17. The van der Waals surface area contributed by atoms with Crippen LogP contribution in [0.4, 0.5) is 0 Å². The Bertz CT molecular complexity index is 957. The molecule has 26 heavy (non-hydrogen) atoms. The zero-order chi connectivity index (χ0) is 18.5. The van der Waals surface area contributed by atoms with E-state index in [-0.39, 0.29) is 5.91 Å². The van der Waals surface area contributed by atoms with E-state index in [1.54, 1.807) is 17.0 Å². The van der Waals surface area contributed by atoms with Crippen LogP contribution in [0.25, 0.3) is 0 Å². The van der Waals surface area contributed by atoms with Gasteiger partial charge in [0.2, 0.25) is 10.0 Å². The van der Waals surface area contributed by atoms with Crippen molar-refractivity contribution in [1.29, 1.82) is 0 Å². The number of aromatic nitrogens is 2. The van der Waals surface area contributed by atoms with Crippen LogP contribution in [0.15, 0.2) is 29.2 Å². The quantitative estimate of drug-likeness (QED) is 0.811. The van der Waals surface area contributed by atoms with Crippen molar-refractivity contribution in [2.24, 2.45) is 0 Å². The van der Waals surface area contributed by atoms with Crippen molar-refractivity contribution in [2.75, 3.05) is 20.6 Å². The van der Waals surface area contributed by atoms with Gasteiger partial charge in [0.25, 0.3) is 5.91 Å². The maximum absolute atomic E-state index is 12.8. The van der Waals surface area contributed by atoms with E-state index in [1.807, 2.05) is 16.8 Å². The molecule has 0 unspecified atom stereocenters. The molecule has 2 aromatic rings. The third-order valence-corrected chi connectivity index (χ3v) is 7.05. The Kier molecular flexibility index (Phi) is 4.11. The first-order valence-corrected chi connectivity index (χ1v) is 10.2. The topological polar surface area (TPSA) is 75.5 Å². The number of aryl methyl sites for hydroxylation is 2. The Balaban J connectivity index is 1.61. The molecule has 1 aromatic carbocycles. The molecule has 138 valence electrons. The van der Waals surface area contributed by atoms with Crippen molar-refractivity contribution in [3.8, 4) is 0 Å². The predicted octanol–water partition coefficient (Wildman–Crippen LogP) is 1.28. The summed E-state index contributed by atoms with van der Waals surface area (Å²) >= 11 is 0. The maximum Gasteiger partial charge on any atom is 0.274 e. The van der Waals surface area contributed by atoms with E-state index < -0.39 is 10.0 Å². The van der Waals surface area contributed by atoms with Gasteiger partial charge in [-0.1, -0.05) is 12.1 Å². The maximum atomic E-state index is 12.8. The highest BCUT2D eigenvalue weighted by atomic mass is 32.2. The van der Waals surface area contributed by atoms with Crippen LogP contribution >= 0.6 is 0 Å². The molecular weight excluding hydrogens is 352 g/mol. The molecular formula is C18H22N4O3S. The molecule has 0 fully saturated rings. The van der Waals surface area contributed by atoms with Crippen LogP contribution in [0, 0.1) is 0 Å². The molecule has 1 amide bonds. The monoisotopic (exact) mass is 374 g/mol. The second-order valence-corrected chi connectivity index (χ2v) is 9.13. The summed E-state index contributed by atoms with van der Waals surface area (Å²) in [6.07, 6.45) is 2.57. The molecule has 3 heterocycles. The van der Waals surface area contributed by atoms with Crippen molar-refractivity contribution in [3.05, 3.63) is 46.8 Å². The van der Waals surface area contributed by atoms with Crippen LogP contribution in [0.5, 0.6) is 0 Å². The van der Waals surface area contributed by atoms with Crippen LogP contribution in [0.1, 0.15) is 33.7 Å². The summed E-state index contributed by atoms with van der Waals surface area (Å²) in [5.41, 5.74) is 3.31. The van der Waals surface area contributed by atoms with Gasteiger partial charge in [0.1, 0.15) is 0 Å². The predicted molar refractivity (Wildman–Crippen MR) is 96.3 cm³/mol. The second-order valence-electron chi connectivity index (χ2n) is 7.01. The fourth-order valence-corrected chi connectivity index (χ4v) is 4.90. The summed E-state index contributed by atoms with van der Waals surface area (Å²) in [5, 5.41) is 4.42. The number of carbonyl (C=O) groups is 1. The van der Waals surface area contributed by atoms with E-state index in [0.717, 1.165) is 36.2 Å². The van der Waals surface area contributed by atoms with Gasteiger partial charge in [0.05, 0.1) is 4.90 Å². The smallest absolute Gasteiger partial charge is 0.274 e. The molecule has 0 spiro atoms. The van der Waals surface area contributed by atoms with Gasteiger partial charge >= 0.3 is 0 Å². The summed E-state index contributed by atoms with van der Waals surface area (Å²) < 4.78 is 28.2. The number of amides is 1. The first-order valence-electron chi connectivity index (χ1n) is 8.77. The molecule has 0 saturated heterocycles. The zero-order valence-electron chi connectivity index (χ0n) is 15.0. The standard InChI is InChI=1S/C18H22N4O3S/c1-20(2)26(24,25)17-7-3-5-13-12-21(10-8-15(13)17)18(23)16-11-14-6-4-9-22(14)19-16/h3,5,7,11H,4,6,8-10,12H2,1-2H3. The Morgan fingerprint density at radius 1 is 1.19 bits per heavy atom. The normalized spacial score (nSPS) is 16.7. The molecule has 8 heteroatoms. The summed E-state index contributed by atoms with van der Waals surface area (Å²) in [6.45, 7) is 1.78. The summed E-state index contributed by atoms with van der Waals surface area (Å²) in [7, 11) is -0.426. The van der Waals surface area contributed by atoms with E-state index in [4.69, 9.17) is 0 Å². The Morgan fingerprint density at radius 2 is 2.00 bits per heavy atom. The highest BCUT2D eigenvalue weighted by Crippen LogP contribution is 2.28. The largest absolute Gasteiger partial charge is 0.333 e. The lowest BCUT2D eigenvalue weighted by molar-refractivity contribution is 0.0727. The molecule has 2 aliphatic rings. The molecule has 0 radical (unpaired) electrons.